The largest absolute Gasteiger partial charge is 0.493 e. The molecule has 1 aliphatic heterocycles. The van der Waals surface area contributed by atoms with Crippen molar-refractivity contribution in [3.63, 3.8) is 0 Å². The first-order chi connectivity index (χ1) is 9.24. The Balaban J connectivity index is 1.58. The molecule has 2 fully saturated rings. The van der Waals surface area contributed by atoms with Crippen LogP contribution in [-0.4, -0.2) is 17.3 Å². The predicted molar refractivity (Wildman–Crippen MR) is 74.3 cm³/mol. The summed E-state index contributed by atoms with van der Waals surface area (Å²) < 4.78 is 5.73. The first-order valence-corrected chi connectivity index (χ1v) is 7.69. The average Bonchev–Trinajstić information content (AvgIpc) is 2.99. The molecule has 1 aromatic carbocycles. The maximum atomic E-state index is 11.0. The molecule has 2 bridgehead atoms. The van der Waals surface area contributed by atoms with Gasteiger partial charge in [0.15, 0.2) is 0 Å². The normalized spacial score (nSPS) is 39.9. The van der Waals surface area contributed by atoms with Gasteiger partial charge in [-0.3, -0.25) is 0 Å². The average molecular weight is 258 g/mol. The van der Waals surface area contributed by atoms with Gasteiger partial charge in [0.1, 0.15) is 5.75 Å². The smallest absolute Gasteiger partial charge is 0.122 e. The van der Waals surface area contributed by atoms with Gasteiger partial charge in [0.05, 0.1) is 12.2 Å². The first-order valence-electron chi connectivity index (χ1n) is 7.69. The number of benzene rings is 1. The van der Waals surface area contributed by atoms with Crippen molar-refractivity contribution >= 4 is 0 Å². The lowest BCUT2D eigenvalue weighted by Gasteiger charge is -2.37. The number of aliphatic hydroxyl groups is 1. The van der Waals surface area contributed by atoms with Gasteiger partial charge in [0, 0.05) is 0 Å². The van der Waals surface area contributed by atoms with Crippen molar-refractivity contribution in [2.75, 3.05) is 6.61 Å². The Morgan fingerprint density at radius 3 is 2.89 bits per heavy atom. The van der Waals surface area contributed by atoms with E-state index in [2.05, 4.69) is 18.2 Å². The van der Waals surface area contributed by atoms with Crippen LogP contribution in [0.1, 0.15) is 50.0 Å². The maximum Gasteiger partial charge on any atom is 0.122 e. The molecule has 0 radical (unpaired) electrons. The van der Waals surface area contributed by atoms with Gasteiger partial charge in [-0.1, -0.05) is 18.2 Å². The fourth-order valence-corrected chi connectivity index (χ4v) is 4.72. The molecule has 0 amide bonds. The second-order valence-electron chi connectivity index (χ2n) is 6.76. The topological polar surface area (TPSA) is 29.5 Å². The van der Waals surface area contributed by atoms with Crippen molar-refractivity contribution in [2.45, 2.75) is 50.0 Å². The summed E-state index contributed by atoms with van der Waals surface area (Å²) in [6, 6.07) is 8.36. The fourth-order valence-electron chi connectivity index (χ4n) is 4.72. The van der Waals surface area contributed by atoms with E-state index in [1.807, 2.05) is 6.07 Å². The van der Waals surface area contributed by atoms with Crippen molar-refractivity contribution in [1.29, 1.82) is 0 Å². The van der Waals surface area contributed by atoms with Gasteiger partial charge in [-0.15, -0.1) is 0 Å². The summed E-state index contributed by atoms with van der Waals surface area (Å²) in [6.07, 6.45) is 6.88. The Kier molecular flexibility index (Phi) is 2.63. The molecule has 2 aliphatic carbocycles. The molecule has 4 rings (SSSR count). The monoisotopic (exact) mass is 258 g/mol. The van der Waals surface area contributed by atoms with Crippen molar-refractivity contribution in [3.05, 3.63) is 29.8 Å². The van der Waals surface area contributed by atoms with E-state index in [-0.39, 0.29) is 0 Å². The number of hydrogen-bond acceptors (Lipinski definition) is 2. The minimum Gasteiger partial charge on any atom is -0.493 e. The van der Waals surface area contributed by atoms with E-state index in [9.17, 15) is 5.11 Å². The van der Waals surface area contributed by atoms with Gasteiger partial charge < -0.3 is 9.84 Å². The lowest BCUT2D eigenvalue weighted by atomic mass is 9.75. The van der Waals surface area contributed by atoms with E-state index >= 15 is 0 Å². The number of fused-ring (bicyclic) bond motifs is 3. The molecule has 19 heavy (non-hydrogen) atoms. The van der Waals surface area contributed by atoms with Gasteiger partial charge in [-0.05, 0) is 67.9 Å². The zero-order valence-electron chi connectivity index (χ0n) is 11.3. The molecule has 2 nitrogen and oxygen atoms in total. The van der Waals surface area contributed by atoms with Crippen molar-refractivity contribution in [3.8, 4) is 5.75 Å². The number of para-hydroxylation sites is 1. The highest BCUT2D eigenvalue weighted by atomic mass is 16.5. The predicted octanol–water partition coefficient (Wildman–Crippen LogP) is 3.49. The summed E-state index contributed by atoms with van der Waals surface area (Å²) in [5.74, 6) is 2.87. The lowest BCUT2D eigenvalue weighted by molar-refractivity contribution is -0.0289. The molecule has 1 N–H and O–H groups in total. The highest BCUT2D eigenvalue weighted by molar-refractivity contribution is 5.38. The van der Waals surface area contributed by atoms with Gasteiger partial charge in [-0.25, -0.2) is 0 Å². The summed E-state index contributed by atoms with van der Waals surface area (Å²) in [5, 5.41) is 11.0. The molecule has 0 spiro atoms. The van der Waals surface area contributed by atoms with Crippen molar-refractivity contribution in [1.82, 2.24) is 0 Å². The van der Waals surface area contributed by atoms with Gasteiger partial charge >= 0.3 is 0 Å². The lowest BCUT2D eigenvalue weighted by Crippen LogP contribution is -2.37. The van der Waals surface area contributed by atoms with E-state index in [1.54, 1.807) is 0 Å². The molecular formula is C17H22O2. The summed E-state index contributed by atoms with van der Waals surface area (Å²) in [7, 11) is 0. The molecule has 4 atom stereocenters. The summed E-state index contributed by atoms with van der Waals surface area (Å²) in [5.41, 5.74) is 0.919. The molecule has 1 aromatic rings. The van der Waals surface area contributed by atoms with Gasteiger partial charge in [0.2, 0.25) is 0 Å². The third-order valence-electron chi connectivity index (χ3n) is 5.63. The Hall–Kier alpha value is -1.02. The summed E-state index contributed by atoms with van der Waals surface area (Å²) >= 11 is 0. The Morgan fingerprint density at radius 2 is 2.11 bits per heavy atom. The van der Waals surface area contributed by atoms with Crippen LogP contribution < -0.4 is 4.74 Å². The summed E-state index contributed by atoms with van der Waals surface area (Å²) in [6.45, 7) is 0.797. The van der Waals surface area contributed by atoms with E-state index in [0.29, 0.717) is 11.8 Å². The molecule has 4 unspecified atom stereocenters. The number of rotatable bonds is 2. The molecule has 0 aromatic heterocycles. The first kappa shape index (κ1) is 11.8. The Bertz CT molecular complexity index is 484. The van der Waals surface area contributed by atoms with E-state index in [0.717, 1.165) is 37.5 Å². The molecule has 1 heterocycles. The Labute approximate surface area is 114 Å². The molecule has 0 saturated heterocycles. The highest BCUT2D eigenvalue weighted by Gasteiger charge is 2.50. The zero-order valence-corrected chi connectivity index (χ0v) is 11.3. The van der Waals surface area contributed by atoms with Crippen LogP contribution in [0, 0.1) is 11.8 Å². The molecule has 3 aliphatic rings. The van der Waals surface area contributed by atoms with Gasteiger partial charge in [0.25, 0.3) is 0 Å². The third kappa shape index (κ3) is 1.88. The van der Waals surface area contributed by atoms with E-state index in [4.69, 9.17) is 4.74 Å². The van der Waals surface area contributed by atoms with Crippen LogP contribution in [0.5, 0.6) is 5.75 Å². The van der Waals surface area contributed by atoms with Crippen LogP contribution in [0.2, 0.25) is 0 Å². The van der Waals surface area contributed by atoms with Crippen LogP contribution in [0.3, 0.4) is 0 Å². The SMILES string of the molecule is OC1(CC2CCOc3ccccc32)CC2CCC1C2. The quantitative estimate of drug-likeness (QED) is 0.880. The number of ether oxygens (including phenoxy) is 1. The molecule has 2 saturated carbocycles. The van der Waals surface area contributed by atoms with Crippen LogP contribution in [-0.2, 0) is 0 Å². The van der Waals surface area contributed by atoms with Crippen LogP contribution in [0.4, 0.5) is 0 Å². The zero-order chi connectivity index (χ0) is 12.9. The fraction of sp³-hybridized carbons (Fsp3) is 0.647. The third-order valence-corrected chi connectivity index (χ3v) is 5.63. The second-order valence-corrected chi connectivity index (χ2v) is 6.76. The second kappa shape index (κ2) is 4.24. The van der Waals surface area contributed by atoms with Crippen LogP contribution in [0.25, 0.3) is 0 Å². The van der Waals surface area contributed by atoms with Crippen LogP contribution >= 0.6 is 0 Å². The van der Waals surface area contributed by atoms with Gasteiger partial charge in [-0.2, -0.15) is 0 Å². The summed E-state index contributed by atoms with van der Waals surface area (Å²) in [4.78, 5) is 0. The van der Waals surface area contributed by atoms with E-state index in [1.165, 1.54) is 24.8 Å². The minimum absolute atomic E-state index is 0.391. The van der Waals surface area contributed by atoms with Crippen molar-refractivity contribution < 1.29 is 9.84 Å². The minimum atomic E-state index is -0.391. The van der Waals surface area contributed by atoms with E-state index < -0.39 is 5.60 Å². The standard InChI is InChI=1S/C17H22O2/c18-17(10-12-5-6-14(17)9-12)11-13-7-8-19-16-4-2-1-3-15(13)16/h1-4,12-14,18H,5-11H2. The Morgan fingerprint density at radius 1 is 1.21 bits per heavy atom. The molecular weight excluding hydrogens is 236 g/mol. The molecule has 2 heteroatoms. The molecule has 102 valence electrons. The van der Waals surface area contributed by atoms with Crippen LogP contribution in [0.15, 0.2) is 24.3 Å². The maximum absolute atomic E-state index is 11.0. The van der Waals surface area contributed by atoms with Crippen molar-refractivity contribution in [2.24, 2.45) is 11.8 Å². The highest BCUT2D eigenvalue weighted by Crippen LogP contribution is 2.54. The number of hydrogen-bond donors (Lipinski definition) is 1.